The van der Waals surface area contributed by atoms with Crippen LogP contribution in [0, 0.1) is 24.2 Å². The van der Waals surface area contributed by atoms with Crippen LogP contribution in [-0.4, -0.2) is 19.2 Å². The number of fused-ring (bicyclic) bond motifs is 1. The predicted molar refractivity (Wildman–Crippen MR) is 91.9 cm³/mol. The second-order valence-corrected chi connectivity index (χ2v) is 7.90. The number of hydrogen-bond donors (Lipinski definition) is 0. The van der Waals surface area contributed by atoms with Gasteiger partial charge in [0.05, 0.1) is 24.2 Å². The molecule has 4 rings (SSSR count). The molecule has 2 atom stereocenters. The topological polar surface area (TPSA) is 76.0 Å². The first-order valence-electron chi connectivity index (χ1n) is 7.91. The van der Waals surface area contributed by atoms with Crippen LogP contribution in [0.4, 0.5) is 13.2 Å². The molecular formula is C16H11ClF3N5OS. The van der Waals surface area contributed by atoms with Crippen molar-refractivity contribution in [2.75, 3.05) is 0 Å². The molecule has 0 saturated heterocycles. The summed E-state index contributed by atoms with van der Waals surface area (Å²) in [4.78, 5) is 18.3. The Morgan fingerprint density at radius 1 is 1.44 bits per heavy atom. The van der Waals surface area contributed by atoms with Crippen LogP contribution in [0.15, 0.2) is 16.9 Å². The molecular weight excluding hydrogens is 403 g/mol. The molecule has 0 aliphatic heterocycles. The van der Waals surface area contributed by atoms with Crippen LogP contribution < -0.4 is 5.56 Å². The van der Waals surface area contributed by atoms with Crippen molar-refractivity contribution in [2.45, 2.75) is 32.0 Å². The Bertz CT molecular complexity index is 1160. The van der Waals surface area contributed by atoms with Crippen molar-refractivity contribution in [3.63, 3.8) is 0 Å². The highest BCUT2D eigenvalue weighted by molar-refractivity contribution is 7.17. The van der Waals surface area contributed by atoms with Crippen molar-refractivity contribution in [3.8, 4) is 6.07 Å². The number of nitrogens with zero attached hydrogens (tertiary/aromatic N) is 5. The zero-order valence-corrected chi connectivity index (χ0v) is 15.4. The lowest BCUT2D eigenvalue weighted by Crippen LogP contribution is -2.18. The molecule has 1 saturated carbocycles. The van der Waals surface area contributed by atoms with Gasteiger partial charge < -0.3 is 0 Å². The zero-order valence-electron chi connectivity index (χ0n) is 13.8. The molecule has 3 heterocycles. The summed E-state index contributed by atoms with van der Waals surface area (Å²) in [5.74, 6) is -0.0826. The maximum atomic E-state index is 12.8. The average molecular weight is 414 g/mol. The number of halogens is 4. The Labute approximate surface area is 159 Å². The van der Waals surface area contributed by atoms with Gasteiger partial charge >= 0.3 is 6.18 Å². The fourth-order valence-corrected chi connectivity index (χ4v) is 4.35. The highest BCUT2D eigenvalue weighted by Crippen LogP contribution is 2.49. The minimum atomic E-state index is -4.60. The van der Waals surface area contributed by atoms with Gasteiger partial charge in [0.25, 0.3) is 5.56 Å². The van der Waals surface area contributed by atoms with E-state index in [4.69, 9.17) is 16.9 Å². The third-order valence-corrected chi connectivity index (χ3v) is 5.70. The predicted octanol–water partition coefficient (Wildman–Crippen LogP) is 3.61. The number of hydrogen-bond acceptors (Lipinski definition) is 5. The largest absolute Gasteiger partial charge is 0.435 e. The van der Waals surface area contributed by atoms with Crippen molar-refractivity contribution in [2.24, 2.45) is 5.92 Å². The molecule has 0 radical (unpaired) electrons. The van der Waals surface area contributed by atoms with Gasteiger partial charge in [-0.3, -0.25) is 9.20 Å². The van der Waals surface area contributed by atoms with E-state index in [0.29, 0.717) is 11.4 Å². The maximum Gasteiger partial charge on any atom is 0.435 e. The van der Waals surface area contributed by atoms with Gasteiger partial charge in [0.2, 0.25) is 0 Å². The van der Waals surface area contributed by atoms with Gasteiger partial charge in [-0.15, -0.1) is 11.3 Å². The lowest BCUT2D eigenvalue weighted by atomic mass is 10.2. The van der Waals surface area contributed by atoms with Crippen LogP contribution in [0.3, 0.4) is 0 Å². The number of alkyl halides is 3. The molecule has 1 aliphatic rings. The first kappa shape index (κ1) is 18.0. The minimum Gasteiger partial charge on any atom is -0.269 e. The van der Waals surface area contributed by atoms with Crippen molar-refractivity contribution in [3.05, 3.63) is 49.6 Å². The van der Waals surface area contributed by atoms with Crippen molar-refractivity contribution in [1.82, 2.24) is 19.2 Å². The van der Waals surface area contributed by atoms with Crippen LogP contribution in [0.25, 0.3) is 4.96 Å². The molecule has 0 aromatic carbocycles. The maximum absolute atomic E-state index is 12.8. The number of thiazole rings is 1. The molecule has 0 N–H and O–H groups in total. The number of aryl methyl sites for hydroxylation is 1. The Balaban J connectivity index is 1.72. The minimum absolute atomic E-state index is 0.0176. The second kappa shape index (κ2) is 6.07. The van der Waals surface area contributed by atoms with Crippen LogP contribution in [0.5, 0.6) is 0 Å². The Hall–Kier alpha value is -2.38. The van der Waals surface area contributed by atoms with Gasteiger partial charge in [-0.1, -0.05) is 11.6 Å². The molecule has 0 bridgehead atoms. The van der Waals surface area contributed by atoms with Crippen molar-refractivity contribution < 1.29 is 13.2 Å². The summed E-state index contributed by atoms with van der Waals surface area (Å²) in [5, 5.41) is 12.3. The Morgan fingerprint density at radius 2 is 2.19 bits per heavy atom. The standard InChI is InChI=1S/C16H11ClF3N5OS/c1-7-14(10-2-8(10)5-21)25-13(26)3-9(22-15(25)27-7)6-24-12(17)4-11(23-24)16(18,19)20/h3-4,8,10H,2,6H2,1H3/t8-,10+/m0/s1. The molecule has 140 valence electrons. The summed E-state index contributed by atoms with van der Waals surface area (Å²) in [7, 11) is 0. The number of nitriles is 1. The average Bonchev–Trinajstić information content (AvgIpc) is 3.13. The molecule has 0 unspecified atom stereocenters. The highest BCUT2D eigenvalue weighted by Gasteiger charge is 2.42. The molecule has 0 amide bonds. The molecule has 3 aromatic rings. The van der Waals surface area contributed by atoms with Crippen LogP contribution in [0.2, 0.25) is 5.15 Å². The Morgan fingerprint density at radius 3 is 2.78 bits per heavy atom. The monoisotopic (exact) mass is 413 g/mol. The van der Waals surface area contributed by atoms with E-state index >= 15 is 0 Å². The van der Waals surface area contributed by atoms with E-state index in [2.05, 4.69) is 16.2 Å². The smallest absolute Gasteiger partial charge is 0.269 e. The van der Waals surface area contributed by atoms with Gasteiger partial charge in [0.15, 0.2) is 10.7 Å². The molecule has 1 fully saturated rings. The van der Waals surface area contributed by atoms with Gasteiger partial charge in [-0.05, 0) is 13.3 Å². The zero-order chi connectivity index (χ0) is 19.5. The molecule has 0 spiro atoms. The molecule has 1 aliphatic carbocycles. The van der Waals surface area contributed by atoms with Gasteiger partial charge in [0.1, 0.15) is 5.15 Å². The SMILES string of the molecule is Cc1sc2nc(Cn3nc(C(F)(F)F)cc3Cl)cc(=O)n2c1[C@@H]1C[C@H]1C#N. The Kier molecular flexibility index (Phi) is 4.05. The van der Waals surface area contributed by atoms with E-state index in [1.165, 1.54) is 21.8 Å². The van der Waals surface area contributed by atoms with E-state index in [1.54, 1.807) is 0 Å². The summed E-state index contributed by atoms with van der Waals surface area (Å²) in [6.07, 6.45) is -3.90. The van der Waals surface area contributed by atoms with Crippen LogP contribution >= 0.6 is 22.9 Å². The molecule has 27 heavy (non-hydrogen) atoms. The van der Waals surface area contributed by atoms with E-state index in [9.17, 15) is 18.0 Å². The number of aromatic nitrogens is 4. The molecule has 3 aromatic heterocycles. The van der Waals surface area contributed by atoms with Crippen LogP contribution in [0.1, 0.15) is 34.3 Å². The summed E-state index contributed by atoms with van der Waals surface area (Å²) in [6.45, 7) is 1.71. The van der Waals surface area contributed by atoms with Gasteiger partial charge in [0, 0.05) is 28.6 Å². The third-order valence-electron chi connectivity index (χ3n) is 4.43. The first-order valence-corrected chi connectivity index (χ1v) is 9.10. The number of rotatable bonds is 3. The first-order chi connectivity index (χ1) is 12.7. The quantitative estimate of drug-likeness (QED) is 0.657. The second-order valence-electron chi connectivity index (χ2n) is 6.33. The van der Waals surface area contributed by atoms with Gasteiger partial charge in [-0.2, -0.15) is 23.5 Å². The third kappa shape index (κ3) is 3.11. The summed E-state index contributed by atoms with van der Waals surface area (Å²) < 4.78 is 40.7. The van der Waals surface area contributed by atoms with E-state index in [0.717, 1.165) is 21.3 Å². The van der Waals surface area contributed by atoms with Gasteiger partial charge in [-0.25, -0.2) is 9.67 Å². The van der Waals surface area contributed by atoms with Crippen LogP contribution in [-0.2, 0) is 12.7 Å². The van der Waals surface area contributed by atoms with Crippen molar-refractivity contribution in [1.29, 1.82) is 5.26 Å². The molecule has 6 nitrogen and oxygen atoms in total. The fraction of sp³-hybridized carbons (Fsp3) is 0.375. The normalized spacial score (nSPS) is 19.4. The summed E-state index contributed by atoms with van der Waals surface area (Å²) in [5.41, 5.74) is -0.380. The lowest BCUT2D eigenvalue weighted by Gasteiger charge is -2.05. The van der Waals surface area contributed by atoms with E-state index < -0.39 is 11.9 Å². The highest BCUT2D eigenvalue weighted by atomic mass is 35.5. The summed E-state index contributed by atoms with van der Waals surface area (Å²) in [6, 6.07) is 4.20. The summed E-state index contributed by atoms with van der Waals surface area (Å²) >= 11 is 7.14. The van der Waals surface area contributed by atoms with Crippen molar-refractivity contribution >= 4 is 27.9 Å². The fourth-order valence-electron chi connectivity index (χ4n) is 3.09. The molecule has 11 heteroatoms. The lowest BCUT2D eigenvalue weighted by molar-refractivity contribution is -0.141. The van der Waals surface area contributed by atoms with E-state index in [1.807, 2.05) is 6.92 Å². The van der Waals surface area contributed by atoms with E-state index in [-0.39, 0.29) is 34.8 Å².